The van der Waals surface area contributed by atoms with E-state index in [9.17, 15) is 8.42 Å². The molecule has 1 saturated heterocycles. The largest absolute Gasteiger partial charge is 0.312 e. The van der Waals surface area contributed by atoms with Crippen molar-refractivity contribution in [3.05, 3.63) is 46.0 Å². The molecule has 0 amide bonds. The van der Waals surface area contributed by atoms with E-state index in [1.165, 1.54) is 16.0 Å². The Morgan fingerprint density at radius 3 is 2.81 bits per heavy atom. The fourth-order valence-corrected chi connectivity index (χ4v) is 6.17. The number of benzene rings is 1. The Hall–Kier alpha value is -1.51. The van der Waals surface area contributed by atoms with Gasteiger partial charge in [0, 0.05) is 25.5 Å². The van der Waals surface area contributed by atoms with Gasteiger partial charge in [0.05, 0.1) is 18.1 Å². The maximum absolute atomic E-state index is 11.7. The summed E-state index contributed by atoms with van der Waals surface area (Å²) in [4.78, 5) is 1.45. The third-order valence-corrected chi connectivity index (χ3v) is 7.93. The molecule has 1 aromatic carbocycles. The lowest BCUT2D eigenvalue weighted by atomic mass is 10.0. The van der Waals surface area contributed by atoms with E-state index in [-0.39, 0.29) is 11.7 Å². The van der Waals surface area contributed by atoms with Gasteiger partial charge < -0.3 is 9.47 Å². The summed E-state index contributed by atoms with van der Waals surface area (Å²) in [5.41, 5.74) is 2.86. The predicted molar refractivity (Wildman–Crippen MR) is 102 cm³/mol. The third-order valence-electron chi connectivity index (χ3n) is 5.61. The number of hydrogen-bond acceptors (Lipinski definition) is 4. The van der Waals surface area contributed by atoms with Crippen molar-refractivity contribution in [2.75, 3.05) is 18.1 Å². The van der Waals surface area contributed by atoms with Gasteiger partial charge in [-0.15, -0.1) is 0 Å². The fourth-order valence-electron chi connectivity index (χ4n) is 4.09. The van der Waals surface area contributed by atoms with Crippen molar-refractivity contribution in [3.8, 4) is 0 Å². The zero-order chi connectivity index (χ0) is 18.3. The molecule has 1 N–H and O–H groups in total. The van der Waals surface area contributed by atoms with Crippen LogP contribution in [0.1, 0.15) is 23.4 Å². The minimum Gasteiger partial charge on any atom is -0.312 e. The topological polar surface area (TPSA) is 61.3 Å². The molecule has 1 fully saturated rings. The number of fused-ring (bicyclic) bond motifs is 1. The first-order valence-corrected chi connectivity index (χ1v) is 11.4. The first-order chi connectivity index (χ1) is 12.4. The summed E-state index contributed by atoms with van der Waals surface area (Å²) in [5, 5.41) is 4.73. The van der Waals surface area contributed by atoms with Crippen LogP contribution in [0.2, 0.25) is 0 Å². The van der Waals surface area contributed by atoms with E-state index in [4.69, 9.17) is 17.3 Å². The van der Waals surface area contributed by atoms with E-state index in [1.54, 1.807) is 0 Å². The summed E-state index contributed by atoms with van der Waals surface area (Å²) in [6.45, 7) is 2.82. The number of sulfone groups is 1. The molecule has 2 aliphatic rings. The smallest absolute Gasteiger partial charge is 0.202 e. The fraction of sp³-hybridized carbons (Fsp3) is 0.556. The molecular weight excluding hydrogens is 368 g/mol. The zero-order valence-electron chi connectivity index (χ0n) is 15.0. The van der Waals surface area contributed by atoms with E-state index in [1.807, 2.05) is 16.3 Å². The van der Waals surface area contributed by atoms with Crippen molar-refractivity contribution in [1.82, 2.24) is 14.3 Å². The highest BCUT2D eigenvalue weighted by molar-refractivity contribution is 7.91. The summed E-state index contributed by atoms with van der Waals surface area (Å²) in [5.74, 6) is 1.65. The average molecular weight is 394 g/mol. The lowest BCUT2D eigenvalue weighted by Crippen LogP contribution is -3.11. The summed E-state index contributed by atoms with van der Waals surface area (Å²) in [6.07, 6.45) is 2.50. The Morgan fingerprint density at radius 2 is 2.08 bits per heavy atom. The van der Waals surface area contributed by atoms with Gasteiger partial charge in [-0.1, -0.05) is 24.3 Å². The molecule has 26 heavy (non-hydrogen) atoms. The maximum Gasteiger partial charge on any atom is 0.202 e. The molecule has 6 nitrogen and oxygen atoms in total. The van der Waals surface area contributed by atoms with Gasteiger partial charge in [0.15, 0.2) is 16.5 Å². The third kappa shape index (κ3) is 3.63. The van der Waals surface area contributed by atoms with Crippen molar-refractivity contribution < 1.29 is 13.3 Å². The van der Waals surface area contributed by atoms with Crippen LogP contribution in [-0.4, -0.2) is 40.8 Å². The van der Waals surface area contributed by atoms with Crippen LogP contribution in [0.25, 0.3) is 0 Å². The van der Waals surface area contributed by atoms with Crippen molar-refractivity contribution >= 4 is 22.1 Å². The molecule has 0 saturated carbocycles. The first kappa shape index (κ1) is 17.9. The van der Waals surface area contributed by atoms with Crippen LogP contribution in [-0.2, 0) is 42.9 Å². The van der Waals surface area contributed by atoms with Gasteiger partial charge >= 0.3 is 0 Å². The lowest BCUT2D eigenvalue weighted by molar-refractivity contribution is -0.939. The molecule has 0 bridgehead atoms. The Balaban J connectivity index is 1.47. The van der Waals surface area contributed by atoms with Crippen LogP contribution in [0, 0.1) is 10.7 Å². The second-order valence-corrected chi connectivity index (χ2v) is 10.2. The zero-order valence-corrected chi connectivity index (χ0v) is 16.7. The Bertz CT molecular complexity index is 977. The van der Waals surface area contributed by atoms with Crippen LogP contribution in [0.4, 0.5) is 0 Å². The summed E-state index contributed by atoms with van der Waals surface area (Å²) in [6, 6.07) is 8.63. The summed E-state index contributed by atoms with van der Waals surface area (Å²) >= 11 is 5.58. The van der Waals surface area contributed by atoms with E-state index in [0.29, 0.717) is 16.9 Å². The standard InChI is InChI=1S/C18H24N4O2S2/c1-20-17(10-14-7-9-26(23,24)12-14)19-22(18(20)25)13-21-8-6-15-4-2-3-5-16(15)11-21/h2-5,14H,6-13H2,1H3/p+1/t14-/m0/s1. The van der Waals surface area contributed by atoms with Crippen molar-refractivity contribution in [3.63, 3.8) is 0 Å². The van der Waals surface area contributed by atoms with Crippen LogP contribution in [0.3, 0.4) is 0 Å². The quantitative estimate of drug-likeness (QED) is 0.770. The van der Waals surface area contributed by atoms with E-state index < -0.39 is 9.84 Å². The van der Waals surface area contributed by atoms with Crippen LogP contribution in [0.15, 0.2) is 24.3 Å². The normalized spacial score (nSPS) is 24.5. The number of hydrogen-bond donors (Lipinski definition) is 1. The van der Waals surface area contributed by atoms with Gasteiger partial charge in [0.25, 0.3) is 0 Å². The van der Waals surface area contributed by atoms with Crippen molar-refractivity contribution in [2.24, 2.45) is 13.0 Å². The highest BCUT2D eigenvalue weighted by Gasteiger charge is 2.29. The van der Waals surface area contributed by atoms with Crippen molar-refractivity contribution in [1.29, 1.82) is 0 Å². The van der Waals surface area contributed by atoms with E-state index in [0.717, 1.165) is 38.4 Å². The molecule has 2 aliphatic heterocycles. The second kappa shape index (κ2) is 6.90. The molecule has 1 aromatic heterocycles. The molecule has 0 radical (unpaired) electrons. The lowest BCUT2D eigenvalue weighted by Gasteiger charge is -2.25. The van der Waals surface area contributed by atoms with E-state index in [2.05, 4.69) is 24.3 Å². The average Bonchev–Trinajstić information content (AvgIpc) is 3.09. The molecule has 140 valence electrons. The molecule has 0 spiro atoms. The minimum atomic E-state index is -2.86. The first-order valence-electron chi connectivity index (χ1n) is 9.15. The van der Waals surface area contributed by atoms with Gasteiger partial charge in [0.1, 0.15) is 12.4 Å². The summed E-state index contributed by atoms with van der Waals surface area (Å²) in [7, 11) is -0.921. The monoisotopic (exact) mass is 393 g/mol. The minimum absolute atomic E-state index is 0.165. The van der Waals surface area contributed by atoms with Gasteiger partial charge in [-0.05, 0) is 30.1 Å². The highest BCUT2D eigenvalue weighted by atomic mass is 32.2. The van der Waals surface area contributed by atoms with Crippen LogP contribution in [0.5, 0.6) is 0 Å². The number of quaternary nitrogens is 1. The van der Waals surface area contributed by atoms with Crippen LogP contribution < -0.4 is 4.90 Å². The maximum atomic E-state index is 11.7. The Kier molecular flexibility index (Phi) is 4.75. The molecule has 2 aromatic rings. The SMILES string of the molecule is Cn1c(C[C@@H]2CCS(=O)(=O)C2)nn(C[NH+]2CCc3ccccc3C2)c1=S. The molecule has 8 heteroatoms. The number of nitrogens with zero attached hydrogens (tertiary/aromatic N) is 3. The second-order valence-electron chi connectivity index (χ2n) is 7.58. The highest BCUT2D eigenvalue weighted by Crippen LogP contribution is 2.22. The molecule has 4 rings (SSSR count). The predicted octanol–water partition coefficient (Wildman–Crippen LogP) is 0.527. The number of aromatic nitrogens is 3. The van der Waals surface area contributed by atoms with Crippen molar-refractivity contribution in [2.45, 2.75) is 32.5 Å². The number of rotatable bonds is 4. The molecule has 3 heterocycles. The van der Waals surface area contributed by atoms with Gasteiger partial charge in [-0.25, -0.2) is 8.42 Å². The number of nitrogens with one attached hydrogen (secondary N) is 1. The Labute approximate surface area is 159 Å². The van der Waals surface area contributed by atoms with Gasteiger partial charge in [-0.3, -0.25) is 0 Å². The molecule has 1 unspecified atom stereocenters. The van der Waals surface area contributed by atoms with E-state index >= 15 is 0 Å². The van der Waals surface area contributed by atoms with Gasteiger partial charge in [-0.2, -0.15) is 9.78 Å². The van der Waals surface area contributed by atoms with Crippen LogP contribution >= 0.6 is 12.2 Å². The summed E-state index contributed by atoms with van der Waals surface area (Å²) < 4.78 is 28.0. The van der Waals surface area contributed by atoms with Gasteiger partial charge in [0.2, 0.25) is 4.77 Å². The molecule has 2 atom stereocenters. The molecule has 0 aliphatic carbocycles. The molecular formula is C18H25N4O2S2+. The Morgan fingerprint density at radius 1 is 1.31 bits per heavy atom.